The molecule has 2 N–H and O–H groups in total. The van der Waals surface area contributed by atoms with E-state index in [1.807, 2.05) is 12.1 Å². The van der Waals surface area contributed by atoms with Crippen LogP contribution in [0.5, 0.6) is 0 Å². The van der Waals surface area contributed by atoms with E-state index in [1.54, 1.807) is 24.5 Å². The molecule has 28 heavy (non-hydrogen) atoms. The molecule has 1 aromatic carbocycles. The van der Waals surface area contributed by atoms with Crippen molar-refractivity contribution >= 4 is 11.8 Å². The molecule has 0 fully saturated rings. The minimum Gasteiger partial charge on any atom is -0.352 e. The van der Waals surface area contributed by atoms with Gasteiger partial charge in [-0.3, -0.25) is 19.6 Å². The van der Waals surface area contributed by atoms with Gasteiger partial charge in [-0.25, -0.2) is 4.39 Å². The molecule has 2 aromatic heterocycles. The largest absolute Gasteiger partial charge is 0.352 e. The van der Waals surface area contributed by atoms with Crippen LogP contribution in [0, 0.1) is 5.82 Å². The lowest BCUT2D eigenvalue weighted by atomic mass is 10.1. The lowest BCUT2D eigenvalue weighted by Gasteiger charge is -2.08. The van der Waals surface area contributed by atoms with E-state index in [-0.39, 0.29) is 17.6 Å². The molecule has 3 rings (SSSR count). The summed E-state index contributed by atoms with van der Waals surface area (Å²) >= 11 is 0. The molecule has 0 saturated heterocycles. The third-order valence-electron chi connectivity index (χ3n) is 4.08. The molecule has 0 aliphatic carbocycles. The van der Waals surface area contributed by atoms with Crippen LogP contribution in [0.2, 0.25) is 0 Å². The topological polar surface area (TPSA) is 84.0 Å². The SMILES string of the molecule is O=C(NCCc1ccc(F)cc1)c1cncc(C(=O)NCc2ccncc2)c1. The number of halogens is 1. The van der Waals surface area contributed by atoms with E-state index in [4.69, 9.17) is 0 Å². The molecule has 0 atom stereocenters. The average Bonchev–Trinajstić information content (AvgIpc) is 2.74. The molecular formula is C21H19FN4O2. The minimum atomic E-state index is -0.321. The van der Waals surface area contributed by atoms with Crippen molar-refractivity contribution in [3.8, 4) is 0 Å². The Bertz CT molecular complexity index is 946. The number of pyridine rings is 2. The van der Waals surface area contributed by atoms with E-state index in [0.29, 0.717) is 30.6 Å². The van der Waals surface area contributed by atoms with Gasteiger partial charge >= 0.3 is 0 Å². The Hall–Kier alpha value is -3.61. The molecule has 6 nitrogen and oxygen atoms in total. The van der Waals surface area contributed by atoms with E-state index in [9.17, 15) is 14.0 Å². The van der Waals surface area contributed by atoms with Gasteiger partial charge in [0.15, 0.2) is 0 Å². The van der Waals surface area contributed by atoms with Gasteiger partial charge < -0.3 is 10.6 Å². The van der Waals surface area contributed by atoms with Gasteiger partial charge in [-0.2, -0.15) is 0 Å². The maximum Gasteiger partial charge on any atom is 0.253 e. The van der Waals surface area contributed by atoms with Crippen LogP contribution < -0.4 is 10.6 Å². The van der Waals surface area contributed by atoms with E-state index in [0.717, 1.165) is 11.1 Å². The minimum absolute atomic E-state index is 0.294. The highest BCUT2D eigenvalue weighted by Crippen LogP contribution is 2.06. The van der Waals surface area contributed by atoms with E-state index >= 15 is 0 Å². The van der Waals surface area contributed by atoms with Gasteiger partial charge in [0.05, 0.1) is 11.1 Å². The van der Waals surface area contributed by atoms with E-state index in [2.05, 4.69) is 20.6 Å². The molecule has 0 bridgehead atoms. The number of nitrogens with zero attached hydrogens (tertiary/aromatic N) is 2. The lowest BCUT2D eigenvalue weighted by molar-refractivity contribution is 0.0950. The number of hydrogen-bond acceptors (Lipinski definition) is 4. The van der Waals surface area contributed by atoms with Gasteiger partial charge in [-0.15, -0.1) is 0 Å². The van der Waals surface area contributed by atoms with Crippen LogP contribution in [0.3, 0.4) is 0 Å². The monoisotopic (exact) mass is 378 g/mol. The zero-order valence-electron chi connectivity index (χ0n) is 15.1. The summed E-state index contributed by atoms with van der Waals surface area (Å²) in [5, 5.41) is 5.56. The molecule has 0 aliphatic rings. The van der Waals surface area contributed by atoms with Crippen LogP contribution in [0.25, 0.3) is 0 Å². The summed E-state index contributed by atoms with van der Waals surface area (Å²) in [5.74, 6) is -0.929. The number of amides is 2. The first-order valence-electron chi connectivity index (χ1n) is 8.76. The third kappa shape index (κ3) is 5.44. The summed E-state index contributed by atoms with van der Waals surface area (Å²) in [4.78, 5) is 32.5. The van der Waals surface area contributed by atoms with Crippen molar-refractivity contribution in [2.24, 2.45) is 0 Å². The zero-order valence-corrected chi connectivity index (χ0v) is 15.1. The second-order valence-electron chi connectivity index (χ2n) is 6.13. The highest BCUT2D eigenvalue weighted by Gasteiger charge is 2.11. The Morgan fingerprint density at radius 1 is 0.821 bits per heavy atom. The molecule has 7 heteroatoms. The molecule has 3 aromatic rings. The van der Waals surface area contributed by atoms with Crippen molar-refractivity contribution in [3.05, 3.63) is 95.3 Å². The van der Waals surface area contributed by atoms with Crippen LogP contribution in [0.15, 0.2) is 67.3 Å². The van der Waals surface area contributed by atoms with E-state index in [1.165, 1.54) is 30.6 Å². The van der Waals surface area contributed by atoms with Crippen molar-refractivity contribution in [1.29, 1.82) is 0 Å². The predicted octanol–water partition coefficient (Wildman–Crippen LogP) is 2.52. The van der Waals surface area contributed by atoms with Gasteiger partial charge in [-0.05, 0) is 47.9 Å². The summed E-state index contributed by atoms with van der Waals surface area (Å²) in [6.07, 6.45) is 6.70. The summed E-state index contributed by atoms with van der Waals surface area (Å²) in [5.41, 5.74) is 2.45. The quantitative estimate of drug-likeness (QED) is 0.662. The van der Waals surface area contributed by atoms with Gasteiger partial charge in [-0.1, -0.05) is 12.1 Å². The fourth-order valence-corrected chi connectivity index (χ4v) is 2.55. The maximum absolute atomic E-state index is 12.9. The van der Waals surface area contributed by atoms with Crippen molar-refractivity contribution in [3.63, 3.8) is 0 Å². The number of rotatable bonds is 7. The highest BCUT2D eigenvalue weighted by molar-refractivity contribution is 5.99. The molecule has 2 heterocycles. The molecular weight excluding hydrogens is 359 g/mol. The number of hydrogen-bond donors (Lipinski definition) is 2. The van der Waals surface area contributed by atoms with Crippen molar-refractivity contribution in [2.75, 3.05) is 6.54 Å². The highest BCUT2D eigenvalue weighted by atomic mass is 19.1. The van der Waals surface area contributed by atoms with Crippen LogP contribution in [-0.4, -0.2) is 28.3 Å². The van der Waals surface area contributed by atoms with Crippen LogP contribution in [0.1, 0.15) is 31.8 Å². The van der Waals surface area contributed by atoms with Gasteiger partial charge in [0.2, 0.25) is 0 Å². The third-order valence-corrected chi connectivity index (χ3v) is 4.08. The number of carbonyl (C=O) groups is 2. The predicted molar refractivity (Wildman–Crippen MR) is 102 cm³/mol. The standard InChI is InChI=1S/C21H19FN4O2/c22-19-3-1-15(2-4-19)7-10-25-20(27)17-11-18(14-24-13-17)21(28)26-12-16-5-8-23-9-6-16/h1-6,8-9,11,13-14H,7,10,12H2,(H,25,27)(H,26,28). The second-order valence-corrected chi connectivity index (χ2v) is 6.13. The Labute approximate surface area is 161 Å². The lowest BCUT2D eigenvalue weighted by Crippen LogP contribution is -2.27. The smallest absolute Gasteiger partial charge is 0.253 e. The number of benzene rings is 1. The van der Waals surface area contributed by atoms with Crippen LogP contribution >= 0.6 is 0 Å². The first-order chi connectivity index (χ1) is 13.6. The number of aromatic nitrogens is 2. The van der Waals surface area contributed by atoms with Crippen LogP contribution in [-0.2, 0) is 13.0 Å². The molecule has 0 saturated carbocycles. The first kappa shape index (κ1) is 19.2. The number of nitrogens with one attached hydrogen (secondary N) is 2. The summed E-state index contributed by atoms with van der Waals surface area (Å²) in [6, 6.07) is 11.2. The van der Waals surface area contributed by atoms with E-state index < -0.39 is 0 Å². The Kier molecular flexibility index (Phi) is 6.41. The summed E-state index contributed by atoms with van der Waals surface area (Å²) in [7, 11) is 0. The Morgan fingerprint density at radius 3 is 2.14 bits per heavy atom. The zero-order chi connectivity index (χ0) is 19.8. The van der Waals surface area contributed by atoms with Gasteiger partial charge in [0, 0.05) is 37.9 Å². The molecule has 2 amide bonds. The van der Waals surface area contributed by atoms with Crippen molar-refractivity contribution < 1.29 is 14.0 Å². The average molecular weight is 378 g/mol. The fraction of sp³-hybridized carbons (Fsp3) is 0.143. The Balaban J connectivity index is 1.53. The molecule has 0 radical (unpaired) electrons. The normalized spacial score (nSPS) is 10.3. The van der Waals surface area contributed by atoms with Gasteiger partial charge in [0.1, 0.15) is 5.82 Å². The van der Waals surface area contributed by atoms with Crippen molar-refractivity contribution in [1.82, 2.24) is 20.6 Å². The summed E-state index contributed by atoms with van der Waals surface area (Å²) in [6.45, 7) is 0.748. The second kappa shape index (κ2) is 9.36. The van der Waals surface area contributed by atoms with Gasteiger partial charge in [0.25, 0.3) is 11.8 Å². The fourth-order valence-electron chi connectivity index (χ4n) is 2.55. The molecule has 0 aliphatic heterocycles. The van der Waals surface area contributed by atoms with Crippen molar-refractivity contribution in [2.45, 2.75) is 13.0 Å². The first-order valence-corrected chi connectivity index (χ1v) is 8.76. The summed E-state index contributed by atoms with van der Waals surface area (Å²) < 4.78 is 12.9. The molecule has 142 valence electrons. The number of carbonyl (C=O) groups excluding carboxylic acids is 2. The molecule has 0 unspecified atom stereocenters. The van der Waals surface area contributed by atoms with Crippen LogP contribution in [0.4, 0.5) is 4.39 Å². The maximum atomic E-state index is 12.9. The molecule has 0 spiro atoms. The Morgan fingerprint density at radius 2 is 1.46 bits per heavy atom.